The lowest BCUT2D eigenvalue weighted by Crippen LogP contribution is -2.32. The van der Waals surface area contributed by atoms with Gasteiger partial charge in [-0.05, 0) is 68.4 Å². The van der Waals surface area contributed by atoms with Crippen LogP contribution in [-0.2, 0) is 17.6 Å². The number of nitrogens with zero attached hydrogens (tertiary/aromatic N) is 1. The van der Waals surface area contributed by atoms with Gasteiger partial charge in [0.1, 0.15) is 6.04 Å². The van der Waals surface area contributed by atoms with Crippen LogP contribution in [0.25, 0.3) is 0 Å². The molecule has 0 unspecified atom stereocenters. The average Bonchev–Trinajstić information content (AvgIpc) is 3.08. The fraction of sp³-hybridized carbons (Fsp3) is 0.421. The Hall–Kier alpha value is -2.03. The van der Waals surface area contributed by atoms with Crippen LogP contribution in [0.2, 0.25) is 0 Å². The summed E-state index contributed by atoms with van der Waals surface area (Å²) in [6, 6.07) is 10.4. The summed E-state index contributed by atoms with van der Waals surface area (Å²) in [6.45, 7) is 3.99. The molecular formula is C19H24N2O. The minimum Gasteiger partial charge on any atom is -0.348 e. The SMILES string of the molecule is C[C@H](NC(=O)[C@@H](C)n1cccc1)c1ccc2c(c1)CCCC2. The van der Waals surface area contributed by atoms with Crippen LogP contribution in [-0.4, -0.2) is 10.5 Å². The van der Waals surface area contributed by atoms with Gasteiger partial charge in [-0.2, -0.15) is 0 Å². The molecule has 2 atom stereocenters. The first-order chi connectivity index (χ1) is 10.6. The fourth-order valence-corrected chi connectivity index (χ4v) is 3.18. The number of nitrogens with one attached hydrogen (secondary N) is 1. The lowest BCUT2D eigenvalue weighted by atomic mass is 9.89. The van der Waals surface area contributed by atoms with Crippen LogP contribution in [0.5, 0.6) is 0 Å². The van der Waals surface area contributed by atoms with E-state index in [9.17, 15) is 4.79 Å². The zero-order valence-corrected chi connectivity index (χ0v) is 13.4. The van der Waals surface area contributed by atoms with Crippen molar-refractivity contribution in [3.63, 3.8) is 0 Å². The molecule has 0 radical (unpaired) electrons. The maximum Gasteiger partial charge on any atom is 0.243 e. The van der Waals surface area contributed by atoms with Crippen molar-refractivity contribution in [3.8, 4) is 0 Å². The summed E-state index contributed by atoms with van der Waals surface area (Å²) in [7, 11) is 0. The Labute approximate surface area is 132 Å². The molecule has 22 heavy (non-hydrogen) atoms. The fourth-order valence-electron chi connectivity index (χ4n) is 3.18. The molecule has 3 nitrogen and oxygen atoms in total. The summed E-state index contributed by atoms with van der Waals surface area (Å²) in [5, 5.41) is 3.13. The number of fused-ring (bicyclic) bond motifs is 1. The van der Waals surface area contributed by atoms with Crippen LogP contribution in [0, 0.1) is 0 Å². The Morgan fingerprint density at radius 1 is 1.09 bits per heavy atom. The second-order valence-electron chi connectivity index (χ2n) is 6.27. The number of aryl methyl sites for hydroxylation is 2. The number of carbonyl (C=O) groups is 1. The van der Waals surface area contributed by atoms with Gasteiger partial charge in [-0.3, -0.25) is 4.79 Å². The molecule has 1 aromatic carbocycles. The zero-order chi connectivity index (χ0) is 15.5. The first kappa shape index (κ1) is 14.9. The Balaban J connectivity index is 1.69. The Morgan fingerprint density at radius 2 is 1.77 bits per heavy atom. The van der Waals surface area contributed by atoms with Crippen molar-refractivity contribution in [1.29, 1.82) is 0 Å². The van der Waals surface area contributed by atoms with Gasteiger partial charge < -0.3 is 9.88 Å². The third-order valence-corrected chi connectivity index (χ3v) is 4.69. The smallest absolute Gasteiger partial charge is 0.243 e. The zero-order valence-electron chi connectivity index (χ0n) is 13.4. The third-order valence-electron chi connectivity index (χ3n) is 4.69. The minimum atomic E-state index is -0.185. The first-order valence-corrected chi connectivity index (χ1v) is 8.19. The predicted molar refractivity (Wildman–Crippen MR) is 88.8 cm³/mol. The van der Waals surface area contributed by atoms with E-state index in [0.717, 1.165) is 0 Å². The number of carbonyl (C=O) groups excluding carboxylic acids is 1. The number of hydrogen-bond acceptors (Lipinski definition) is 1. The first-order valence-electron chi connectivity index (χ1n) is 8.19. The minimum absolute atomic E-state index is 0.0396. The summed E-state index contributed by atoms with van der Waals surface area (Å²) in [5.74, 6) is 0.0569. The molecule has 116 valence electrons. The molecule has 1 aromatic heterocycles. The quantitative estimate of drug-likeness (QED) is 0.914. The summed E-state index contributed by atoms with van der Waals surface area (Å²) < 4.78 is 1.93. The molecule has 1 N–H and O–H groups in total. The van der Waals surface area contributed by atoms with Gasteiger partial charge in [0, 0.05) is 12.4 Å². The topological polar surface area (TPSA) is 34.0 Å². The Morgan fingerprint density at radius 3 is 2.50 bits per heavy atom. The molecular weight excluding hydrogens is 272 g/mol. The number of rotatable bonds is 4. The van der Waals surface area contributed by atoms with Gasteiger partial charge in [0.05, 0.1) is 6.04 Å². The molecule has 3 heteroatoms. The van der Waals surface area contributed by atoms with Crippen LogP contribution in [0.4, 0.5) is 0 Å². The van der Waals surface area contributed by atoms with Crippen molar-refractivity contribution in [1.82, 2.24) is 9.88 Å². The summed E-state index contributed by atoms with van der Waals surface area (Å²) >= 11 is 0. The normalized spacial score (nSPS) is 16.6. The Bertz CT molecular complexity index is 645. The molecule has 2 aromatic rings. The average molecular weight is 296 g/mol. The van der Waals surface area contributed by atoms with Crippen LogP contribution < -0.4 is 5.32 Å². The standard InChI is InChI=1S/C19H24N2O/c1-14(20-19(22)15(2)21-11-5-6-12-21)17-10-9-16-7-3-4-8-18(16)13-17/h5-6,9-15H,3-4,7-8H2,1-2H3,(H,20,22)/t14-,15+/m0/s1. The van der Waals surface area contributed by atoms with Crippen LogP contribution >= 0.6 is 0 Å². The van der Waals surface area contributed by atoms with Gasteiger partial charge in [-0.15, -0.1) is 0 Å². The van der Waals surface area contributed by atoms with E-state index in [1.54, 1.807) is 0 Å². The van der Waals surface area contributed by atoms with E-state index in [-0.39, 0.29) is 18.0 Å². The number of amides is 1. The lowest BCUT2D eigenvalue weighted by molar-refractivity contribution is -0.124. The third kappa shape index (κ3) is 3.08. The molecule has 1 aliphatic carbocycles. The second-order valence-corrected chi connectivity index (χ2v) is 6.27. The van der Waals surface area contributed by atoms with Gasteiger partial charge in [-0.25, -0.2) is 0 Å². The van der Waals surface area contributed by atoms with E-state index in [1.165, 1.54) is 42.4 Å². The maximum absolute atomic E-state index is 12.4. The highest BCUT2D eigenvalue weighted by Crippen LogP contribution is 2.25. The van der Waals surface area contributed by atoms with Crippen molar-refractivity contribution in [3.05, 3.63) is 59.4 Å². The van der Waals surface area contributed by atoms with Crippen molar-refractivity contribution in [2.24, 2.45) is 0 Å². The molecule has 1 amide bonds. The van der Waals surface area contributed by atoms with E-state index >= 15 is 0 Å². The van der Waals surface area contributed by atoms with Gasteiger partial charge in [0.2, 0.25) is 5.91 Å². The van der Waals surface area contributed by atoms with Crippen molar-refractivity contribution < 1.29 is 4.79 Å². The molecule has 0 saturated heterocycles. The monoisotopic (exact) mass is 296 g/mol. The summed E-state index contributed by atoms with van der Waals surface area (Å²) in [6.07, 6.45) is 8.79. The summed E-state index contributed by atoms with van der Waals surface area (Å²) in [4.78, 5) is 12.4. The van der Waals surface area contributed by atoms with Crippen molar-refractivity contribution >= 4 is 5.91 Å². The van der Waals surface area contributed by atoms with Crippen LogP contribution in [0.1, 0.15) is 55.5 Å². The largest absolute Gasteiger partial charge is 0.348 e. The molecule has 0 spiro atoms. The van der Waals surface area contributed by atoms with Gasteiger partial charge in [-0.1, -0.05) is 18.2 Å². The highest BCUT2D eigenvalue weighted by atomic mass is 16.2. The van der Waals surface area contributed by atoms with Crippen LogP contribution in [0.15, 0.2) is 42.7 Å². The van der Waals surface area contributed by atoms with Gasteiger partial charge in [0.25, 0.3) is 0 Å². The molecule has 0 fully saturated rings. The molecule has 3 rings (SSSR count). The second kappa shape index (κ2) is 6.39. The van der Waals surface area contributed by atoms with E-state index in [1.807, 2.05) is 36.0 Å². The van der Waals surface area contributed by atoms with Gasteiger partial charge in [0.15, 0.2) is 0 Å². The lowest BCUT2D eigenvalue weighted by Gasteiger charge is -2.22. The van der Waals surface area contributed by atoms with E-state index in [0.29, 0.717) is 0 Å². The van der Waals surface area contributed by atoms with E-state index in [2.05, 4.69) is 30.4 Å². The van der Waals surface area contributed by atoms with Crippen molar-refractivity contribution in [2.75, 3.05) is 0 Å². The Kier molecular flexibility index (Phi) is 4.32. The van der Waals surface area contributed by atoms with Crippen molar-refractivity contribution in [2.45, 2.75) is 51.6 Å². The van der Waals surface area contributed by atoms with E-state index < -0.39 is 0 Å². The molecule has 1 aliphatic rings. The molecule has 1 heterocycles. The van der Waals surface area contributed by atoms with E-state index in [4.69, 9.17) is 0 Å². The highest BCUT2D eigenvalue weighted by molar-refractivity contribution is 5.80. The molecule has 0 saturated carbocycles. The number of hydrogen-bond donors (Lipinski definition) is 1. The highest BCUT2D eigenvalue weighted by Gasteiger charge is 2.18. The van der Waals surface area contributed by atoms with Gasteiger partial charge >= 0.3 is 0 Å². The number of benzene rings is 1. The number of aromatic nitrogens is 1. The predicted octanol–water partition coefficient (Wildman–Crippen LogP) is 3.81. The summed E-state index contributed by atoms with van der Waals surface area (Å²) in [5.41, 5.74) is 4.14. The molecule has 0 bridgehead atoms. The maximum atomic E-state index is 12.4. The molecule has 0 aliphatic heterocycles. The van der Waals surface area contributed by atoms with Crippen LogP contribution in [0.3, 0.4) is 0 Å².